The van der Waals surface area contributed by atoms with Crippen molar-refractivity contribution in [3.05, 3.63) is 30.0 Å². The van der Waals surface area contributed by atoms with E-state index in [2.05, 4.69) is 45.1 Å². The zero-order valence-corrected chi connectivity index (χ0v) is 13.9. The maximum Gasteiger partial charge on any atom is 0.120 e. The van der Waals surface area contributed by atoms with Gasteiger partial charge in [0.2, 0.25) is 0 Å². The Morgan fingerprint density at radius 1 is 1.19 bits per heavy atom. The first-order valence-corrected chi connectivity index (χ1v) is 7.67. The van der Waals surface area contributed by atoms with Crippen molar-refractivity contribution >= 4 is 16.6 Å². The molecule has 1 heterocycles. The Balaban J connectivity index is 2.58. The molecule has 0 saturated heterocycles. The summed E-state index contributed by atoms with van der Waals surface area (Å²) in [5.41, 5.74) is 3.27. The summed E-state index contributed by atoms with van der Waals surface area (Å²) in [5, 5.41) is 4.56. The predicted molar refractivity (Wildman–Crippen MR) is 90.4 cm³/mol. The molecule has 3 nitrogen and oxygen atoms in total. The molecule has 0 aliphatic rings. The molecule has 0 unspecified atom stereocenters. The Bertz CT molecular complexity index is 627. The van der Waals surface area contributed by atoms with E-state index in [1.165, 1.54) is 0 Å². The van der Waals surface area contributed by atoms with Crippen LogP contribution in [0.2, 0.25) is 0 Å². The lowest BCUT2D eigenvalue weighted by atomic mass is 9.90. The third kappa shape index (κ3) is 3.66. The molecule has 3 heteroatoms. The van der Waals surface area contributed by atoms with E-state index in [4.69, 9.17) is 9.72 Å². The molecule has 0 aliphatic heterocycles. The summed E-state index contributed by atoms with van der Waals surface area (Å²) in [6, 6.07) is 8.28. The van der Waals surface area contributed by atoms with Crippen LogP contribution >= 0.6 is 0 Å². The molecule has 0 amide bonds. The van der Waals surface area contributed by atoms with Gasteiger partial charge >= 0.3 is 0 Å². The minimum atomic E-state index is 0.0332. The fourth-order valence-electron chi connectivity index (χ4n) is 2.27. The Kier molecular flexibility index (Phi) is 4.40. The van der Waals surface area contributed by atoms with Crippen molar-refractivity contribution in [2.24, 2.45) is 0 Å². The number of pyridine rings is 1. The fourth-order valence-corrected chi connectivity index (χ4v) is 2.27. The van der Waals surface area contributed by atoms with Crippen molar-refractivity contribution in [3.8, 4) is 5.75 Å². The van der Waals surface area contributed by atoms with Crippen LogP contribution in [-0.2, 0) is 5.41 Å². The molecule has 0 fully saturated rings. The highest BCUT2D eigenvalue weighted by Gasteiger charge is 2.18. The topological polar surface area (TPSA) is 34.2 Å². The van der Waals surface area contributed by atoms with Gasteiger partial charge in [0.1, 0.15) is 5.75 Å². The summed E-state index contributed by atoms with van der Waals surface area (Å²) < 4.78 is 5.80. The molecule has 0 aliphatic carbocycles. The molecule has 21 heavy (non-hydrogen) atoms. The Morgan fingerprint density at radius 3 is 2.48 bits per heavy atom. The van der Waals surface area contributed by atoms with Gasteiger partial charge in [-0.3, -0.25) is 4.98 Å². The van der Waals surface area contributed by atoms with Crippen LogP contribution < -0.4 is 10.1 Å². The molecule has 2 aromatic rings. The first-order chi connectivity index (χ1) is 9.81. The maximum atomic E-state index is 5.80. The van der Waals surface area contributed by atoms with Crippen molar-refractivity contribution in [2.45, 2.75) is 53.1 Å². The zero-order valence-electron chi connectivity index (χ0n) is 13.9. The summed E-state index contributed by atoms with van der Waals surface area (Å²) in [4.78, 5) is 4.81. The standard InChI is InChI=1S/C18H26N2O/c1-7-19-16-11-17(18(4,5)6)20-15-9-8-13(10-14(15)16)21-12(2)3/h8-12H,7H2,1-6H3,(H,19,20). The van der Waals surface area contributed by atoms with E-state index < -0.39 is 0 Å². The van der Waals surface area contributed by atoms with E-state index >= 15 is 0 Å². The van der Waals surface area contributed by atoms with Gasteiger partial charge in [0, 0.05) is 28.7 Å². The van der Waals surface area contributed by atoms with Crippen LogP contribution in [0.5, 0.6) is 5.75 Å². The van der Waals surface area contributed by atoms with Gasteiger partial charge < -0.3 is 10.1 Å². The summed E-state index contributed by atoms with van der Waals surface area (Å²) in [6.07, 6.45) is 0.173. The minimum Gasteiger partial charge on any atom is -0.491 e. The van der Waals surface area contributed by atoms with E-state index in [1.54, 1.807) is 0 Å². The molecule has 0 bridgehead atoms. The van der Waals surface area contributed by atoms with Gasteiger partial charge in [-0.25, -0.2) is 0 Å². The molecule has 1 aromatic heterocycles. The third-order valence-electron chi connectivity index (χ3n) is 3.29. The second-order valence-electron chi connectivity index (χ2n) is 6.68. The van der Waals surface area contributed by atoms with E-state index in [0.29, 0.717) is 0 Å². The molecular weight excluding hydrogens is 260 g/mol. The SMILES string of the molecule is CCNc1cc(C(C)(C)C)nc2ccc(OC(C)C)cc12. The van der Waals surface area contributed by atoms with Crippen LogP contribution in [0.25, 0.3) is 10.9 Å². The van der Waals surface area contributed by atoms with Gasteiger partial charge in [0.05, 0.1) is 11.6 Å². The monoisotopic (exact) mass is 286 g/mol. The van der Waals surface area contributed by atoms with Crippen molar-refractivity contribution < 1.29 is 4.74 Å². The molecular formula is C18H26N2O. The molecule has 0 radical (unpaired) electrons. The van der Waals surface area contributed by atoms with Gasteiger partial charge in [0.15, 0.2) is 0 Å². The van der Waals surface area contributed by atoms with Gasteiger partial charge in [-0.2, -0.15) is 0 Å². The zero-order chi connectivity index (χ0) is 15.6. The van der Waals surface area contributed by atoms with Crippen LogP contribution in [0.3, 0.4) is 0 Å². The summed E-state index contributed by atoms with van der Waals surface area (Å²) >= 11 is 0. The average molecular weight is 286 g/mol. The number of aromatic nitrogens is 1. The number of nitrogens with one attached hydrogen (secondary N) is 1. The highest BCUT2D eigenvalue weighted by molar-refractivity contribution is 5.92. The van der Waals surface area contributed by atoms with Crippen LogP contribution in [-0.4, -0.2) is 17.6 Å². The van der Waals surface area contributed by atoms with Crippen LogP contribution in [0.15, 0.2) is 24.3 Å². The lowest BCUT2D eigenvalue weighted by Gasteiger charge is -2.21. The van der Waals surface area contributed by atoms with E-state index in [0.717, 1.165) is 34.6 Å². The summed E-state index contributed by atoms with van der Waals surface area (Å²) in [5.74, 6) is 0.891. The lowest BCUT2D eigenvalue weighted by molar-refractivity contribution is 0.243. The number of nitrogens with zero attached hydrogens (tertiary/aromatic N) is 1. The minimum absolute atomic E-state index is 0.0332. The van der Waals surface area contributed by atoms with E-state index in [1.807, 2.05) is 26.0 Å². The van der Waals surface area contributed by atoms with Gasteiger partial charge in [-0.1, -0.05) is 20.8 Å². The summed E-state index contributed by atoms with van der Waals surface area (Å²) in [7, 11) is 0. The van der Waals surface area contributed by atoms with Crippen LogP contribution in [0.4, 0.5) is 5.69 Å². The second-order valence-corrected chi connectivity index (χ2v) is 6.68. The van der Waals surface area contributed by atoms with Crippen molar-refractivity contribution in [3.63, 3.8) is 0 Å². The molecule has 0 spiro atoms. The van der Waals surface area contributed by atoms with Crippen molar-refractivity contribution in [2.75, 3.05) is 11.9 Å². The first kappa shape index (κ1) is 15.6. The lowest BCUT2D eigenvalue weighted by Crippen LogP contribution is -2.14. The van der Waals surface area contributed by atoms with Crippen molar-refractivity contribution in [1.29, 1.82) is 0 Å². The maximum absolute atomic E-state index is 5.80. The Labute approximate surface area is 127 Å². The largest absolute Gasteiger partial charge is 0.491 e. The number of hydrogen-bond acceptors (Lipinski definition) is 3. The first-order valence-electron chi connectivity index (χ1n) is 7.67. The average Bonchev–Trinajstić information content (AvgIpc) is 2.37. The number of hydrogen-bond donors (Lipinski definition) is 1. The molecule has 0 atom stereocenters. The molecule has 1 N–H and O–H groups in total. The Morgan fingerprint density at radius 2 is 1.90 bits per heavy atom. The number of fused-ring (bicyclic) bond motifs is 1. The number of ether oxygens (including phenoxy) is 1. The number of benzene rings is 1. The van der Waals surface area contributed by atoms with Crippen LogP contribution in [0, 0.1) is 0 Å². The predicted octanol–water partition coefficient (Wildman–Crippen LogP) is 4.75. The van der Waals surface area contributed by atoms with Gasteiger partial charge in [-0.05, 0) is 45.0 Å². The van der Waals surface area contributed by atoms with Crippen molar-refractivity contribution in [1.82, 2.24) is 4.98 Å². The van der Waals surface area contributed by atoms with Crippen LogP contribution in [0.1, 0.15) is 47.2 Å². The highest BCUT2D eigenvalue weighted by Crippen LogP contribution is 2.31. The number of rotatable bonds is 4. The molecule has 0 saturated carbocycles. The normalized spacial score (nSPS) is 12.0. The smallest absolute Gasteiger partial charge is 0.120 e. The number of anilines is 1. The van der Waals surface area contributed by atoms with E-state index in [-0.39, 0.29) is 11.5 Å². The van der Waals surface area contributed by atoms with Gasteiger partial charge in [-0.15, -0.1) is 0 Å². The van der Waals surface area contributed by atoms with Gasteiger partial charge in [0.25, 0.3) is 0 Å². The Hall–Kier alpha value is -1.77. The molecule has 114 valence electrons. The fraction of sp³-hybridized carbons (Fsp3) is 0.500. The highest BCUT2D eigenvalue weighted by atomic mass is 16.5. The van der Waals surface area contributed by atoms with E-state index in [9.17, 15) is 0 Å². The second kappa shape index (κ2) is 5.92. The quantitative estimate of drug-likeness (QED) is 0.880. The third-order valence-corrected chi connectivity index (χ3v) is 3.29. The molecule has 2 rings (SSSR count). The molecule has 1 aromatic carbocycles. The summed E-state index contributed by atoms with van der Waals surface area (Å²) in [6.45, 7) is 13.6.